The Hall–Kier alpha value is -1.68. The number of aromatic nitrogens is 2. The first-order valence-corrected chi connectivity index (χ1v) is 7.00. The number of hydrogen-bond acceptors (Lipinski definition) is 3. The average Bonchev–Trinajstić information content (AvgIpc) is 2.48. The molecule has 1 aliphatic heterocycles. The zero-order valence-electron chi connectivity index (χ0n) is 11.0. The molecule has 0 aliphatic carbocycles. The van der Waals surface area contributed by atoms with Gasteiger partial charge in [0.15, 0.2) is 0 Å². The largest absolute Gasteiger partial charge is 0.316 e. The first-order valence-electron chi connectivity index (χ1n) is 7.00. The van der Waals surface area contributed by atoms with Gasteiger partial charge in [0.2, 0.25) is 5.43 Å². The molecule has 2 heterocycles. The Kier molecular flexibility index (Phi) is 3.60. The Morgan fingerprint density at radius 3 is 3.11 bits per heavy atom. The molecule has 1 atom stereocenters. The van der Waals surface area contributed by atoms with E-state index in [1.807, 2.05) is 28.9 Å². The Labute approximate surface area is 112 Å². The zero-order valence-corrected chi connectivity index (χ0v) is 11.0. The van der Waals surface area contributed by atoms with Gasteiger partial charge in [-0.1, -0.05) is 12.1 Å². The van der Waals surface area contributed by atoms with Crippen LogP contribution in [0.2, 0.25) is 0 Å². The molecule has 100 valence electrons. The molecular weight excluding hydrogens is 238 g/mol. The van der Waals surface area contributed by atoms with Gasteiger partial charge < -0.3 is 5.32 Å². The third kappa shape index (κ3) is 2.68. The third-order valence-corrected chi connectivity index (χ3v) is 3.91. The summed E-state index contributed by atoms with van der Waals surface area (Å²) in [6.45, 7) is 3.14. The first kappa shape index (κ1) is 12.4. The van der Waals surface area contributed by atoms with Crippen LogP contribution in [0.3, 0.4) is 0 Å². The van der Waals surface area contributed by atoms with E-state index < -0.39 is 0 Å². The predicted octanol–water partition coefficient (Wildman–Crippen LogP) is 1.79. The second kappa shape index (κ2) is 5.53. The first-order chi connectivity index (χ1) is 9.34. The van der Waals surface area contributed by atoms with Gasteiger partial charge in [0.1, 0.15) is 0 Å². The van der Waals surface area contributed by atoms with Crippen molar-refractivity contribution in [2.24, 2.45) is 5.92 Å². The van der Waals surface area contributed by atoms with Gasteiger partial charge >= 0.3 is 0 Å². The number of rotatable bonds is 3. The second-order valence-corrected chi connectivity index (χ2v) is 5.25. The molecule has 0 saturated carbocycles. The van der Waals surface area contributed by atoms with Crippen LogP contribution in [0.25, 0.3) is 10.9 Å². The maximum atomic E-state index is 11.8. The monoisotopic (exact) mass is 257 g/mol. The van der Waals surface area contributed by atoms with Crippen molar-refractivity contribution in [3.63, 3.8) is 0 Å². The van der Waals surface area contributed by atoms with Crippen LogP contribution in [0, 0.1) is 5.92 Å². The van der Waals surface area contributed by atoms with Gasteiger partial charge in [-0.15, -0.1) is 0 Å². The molecule has 1 unspecified atom stereocenters. The van der Waals surface area contributed by atoms with Gasteiger partial charge in [0.05, 0.1) is 11.7 Å². The summed E-state index contributed by atoms with van der Waals surface area (Å²) >= 11 is 0. The molecule has 0 bridgehead atoms. The number of piperidine rings is 1. The van der Waals surface area contributed by atoms with Crippen molar-refractivity contribution in [3.05, 3.63) is 40.7 Å². The molecule has 3 rings (SSSR count). The number of para-hydroxylation sites is 1. The summed E-state index contributed by atoms with van der Waals surface area (Å²) in [5, 5.41) is 8.48. The van der Waals surface area contributed by atoms with Crippen molar-refractivity contribution >= 4 is 10.9 Å². The fraction of sp³-hybridized carbons (Fsp3) is 0.467. The van der Waals surface area contributed by atoms with Gasteiger partial charge in [-0.25, -0.2) is 0 Å². The molecular formula is C15H19N3O. The smallest absolute Gasteiger partial charge is 0.207 e. The third-order valence-electron chi connectivity index (χ3n) is 3.91. The lowest BCUT2D eigenvalue weighted by atomic mass is 9.96. The molecule has 19 heavy (non-hydrogen) atoms. The van der Waals surface area contributed by atoms with Crippen LogP contribution in [-0.2, 0) is 6.54 Å². The maximum absolute atomic E-state index is 11.8. The molecule has 1 aliphatic rings. The SMILES string of the molecule is O=c1cnn(CCC2CCCNC2)c2ccccc12. The summed E-state index contributed by atoms with van der Waals surface area (Å²) in [5.41, 5.74) is 0.949. The molecule has 1 aromatic heterocycles. The predicted molar refractivity (Wildman–Crippen MR) is 76.2 cm³/mol. The van der Waals surface area contributed by atoms with Crippen LogP contribution in [0.4, 0.5) is 0 Å². The molecule has 4 heteroatoms. The second-order valence-electron chi connectivity index (χ2n) is 5.25. The molecule has 2 aromatic rings. The van der Waals surface area contributed by atoms with E-state index in [0.29, 0.717) is 0 Å². The van der Waals surface area contributed by atoms with Crippen molar-refractivity contribution in [2.75, 3.05) is 13.1 Å². The summed E-state index contributed by atoms with van der Waals surface area (Å²) in [6.07, 6.45) is 5.11. The topological polar surface area (TPSA) is 46.9 Å². The van der Waals surface area contributed by atoms with Crippen molar-refractivity contribution in [3.8, 4) is 0 Å². The lowest BCUT2D eigenvalue weighted by molar-refractivity contribution is 0.337. The lowest BCUT2D eigenvalue weighted by Crippen LogP contribution is -2.30. The van der Waals surface area contributed by atoms with E-state index in [1.54, 1.807) is 0 Å². The van der Waals surface area contributed by atoms with Gasteiger partial charge in [0.25, 0.3) is 0 Å². The fourth-order valence-electron chi connectivity index (χ4n) is 2.81. The summed E-state index contributed by atoms with van der Waals surface area (Å²) < 4.78 is 1.96. The van der Waals surface area contributed by atoms with Gasteiger partial charge in [0, 0.05) is 11.9 Å². The minimum Gasteiger partial charge on any atom is -0.316 e. The maximum Gasteiger partial charge on any atom is 0.207 e. The fourth-order valence-corrected chi connectivity index (χ4v) is 2.81. The Morgan fingerprint density at radius 2 is 2.26 bits per heavy atom. The van der Waals surface area contributed by atoms with E-state index in [9.17, 15) is 4.79 Å². The van der Waals surface area contributed by atoms with Crippen LogP contribution < -0.4 is 10.7 Å². The highest BCUT2D eigenvalue weighted by Crippen LogP contribution is 2.16. The molecule has 0 amide bonds. The Balaban J connectivity index is 1.81. The van der Waals surface area contributed by atoms with E-state index in [-0.39, 0.29) is 5.43 Å². The molecule has 4 nitrogen and oxygen atoms in total. The summed E-state index contributed by atoms with van der Waals surface area (Å²) in [5.74, 6) is 0.730. The number of benzene rings is 1. The highest BCUT2D eigenvalue weighted by atomic mass is 16.1. The summed E-state index contributed by atoms with van der Waals surface area (Å²) in [4.78, 5) is 11.8. The molecule has 1 N–H and O–H groups in total. The van der Waals surface area contributed by atoms with Gasteiger partial charge in [-0.2, -0.15) is 5.10 Å². The van der Waals surface area contributed by atoms with E-state index in [1.165, 1.54) is 19.0 Å². The number of fused-ring (bicyclic) bond motifs is 1. The number of hydrogen-bond donors (Lipinski definition) is 1. The highest BCUT2D eigenvalue weighted by Gasteiger charge is 2.13. The van der Waals surface area contributed by atoms with Crippen LogP contribution >= 0.6 is 0 Å². The van der Waals surface area contributed by atoms with Crippen molar-refractivity contribution in [1.29, 1.82) is 0 Å². The molecule has 1 fully saturated rings. The minimum absolute atomic E-state index is 0.00573. The van der Waals surface area contributed by atoms with Crippen LogP contribution in [0.1, 0.15) is 19.3 Å². The van der Waals surface area contributed by atoms with E-state index in [4.69, 9.17) is 0 Å². The number of nitrogens with one attached hydrogen (secondary N) is 1. The molecule has 0 radical (unpaired) electrons. The normalized spacial score (nSPS) is 19.7. The summed E-state index contributed by atoms with van der Waals surface area (Å²) in [7, 11) is 0. The van der Waals surface area contributed by atoms with Crippen LogP contribution in [0.15, 0.2) is 35.3 Å². The van der Waals surface area contributed by atoms with E-state index in [0.717, 1.165) is 42.9 Å². The average molecular weight is 257 g/mol. The summed E-state index contributed by atoms with van der Waals surface area (Å²) in [6, 6.07) is 7.71. The van der Waals surface area contributed by atoms with Gasteiger partial charge in [-0.3, -0.25) is 9.48 Å². The van der Waals surface area contributed by atoms with Crippen molar-refractivity contribution in [2.45, 2.75) is 25.8 Å². The molecule has 1 aromatic carbocycles. The zero-order chi connectivity index (χ0) is 13.1. The standard InChI is InChI=1S/C15H19N3O/c19-15-11-17-18(14-6-2-1-5-13(14)15)9-7-12-4-3-8-16-10-12/h1-2,5-6,11-12,16H,3-4,7-10H2. The van der Waals surface area contributed by atoms with E-state index in [2.05, 4.69) is 10.4 Å². The van der Waals surface area contributed by atoms with E-state index >= 15 is 0 Å². The number of aryl methyl sites for hydroxylation is 1. The Morgan fingerprint density at radius 1 is 1.37 bits per heavy atom. The van der Waals surface area contributed by atoms with Gasteiger partial charge in [-0.05, 0) is 50.4 Å². The van der Waals surface area contributed by atoms with Crippen molar-refractivity contribution in [1.82, 2.24) is 15.1 Å². The van der Waals surface area contributed by atoms with Crippen LogP contribution in [0.5, 0.6) is 0 Å². The lowest BCUT2D eigenvalue weighted by Gasteiger charge is -2.23. The minimum atomic E-state index is 0.00573. The van der Waals surface area contributed by atoms with Crippen LogP contribution in [-0.4, -0.2) is 22.9 Å². The molecule has 1 saturated heterocycles. The Bertz CT molecular complexity index is 614. The highest BCUT2D eigenvalue weighted by molar-refractivity contribution is 5.77. The van der Waals surface area contributed by atoms with Crippen molar-refractivity contribution < 1.29 is 0 Å². The quantitative estimate of drug-likeness (QED) is 0.912. The molecule has 0 spiro atoms. The number of nitrogens with zero attached hydrogens (tertiary/aromatic N) is 2.